The molecular weight excluding hydrogens is 372 g/mol. The zero-order valence-electron chi connectivity index (χ0n) is 17.9. The van der Waals surface area contributed by atoms with Crippen molar-refractivity contribution in [2.24, 2.45) is 11.8 Å². The van der Waals surface area contributed by atoms with Gasteiger partial charge in [-0.1, -0.05) is 48.0 Å². The van der Waals surface area contributed by atoms with Crippen LogP contribution in [0.3, 0.4) is 0 Å². The standard InChI is InChI=1S/C26H32N2O2/c1-19-6-8-20(9-7-19)10-11-21-14-16-28(17-15-21)25(29)13-12-23-18-22-4-2-3-5-24(22)27-26(23)30/h2-9,21,23H,10-18H2,1H3,(H,27,30). The average molecular weight is 405 g/mol. The first kappa shape index (κ1) is 20.6. The Hall–Kier alpha value is -2.62. The zero-order valence-corrected chi connectivity index (χ0v) is 17.9. The number of aryl methyl sites for hydroxylation is 2. The highest BCUT2D eigenvalue weighted by molar-refractivity contribution is 5.96. The smallest absolute Gasteiger partial charge is 0.227 e. The summed E-state index contributed by atoms with van der Waals surface area (Å²) in [5.74, 6) is 0.863. The van der Waals surface area contributed by atoms with Crippen molar-refractivity contribution in [3.63, 3.8) is 0 Å². The minimum atomic E-state index is -0.101. The van der Waals surface area contributed by atoms with Crippen molar-refractivity contribution < 1.29 is 9.59 Å². The third kappa shape index (κ3) is 5.10. The summed E-state index contributed by atoms with van der Waals surface area (Å²) >= 11 is 0. The fourth-order valence-electron chi connectivity index (χ4n) is 4.70. The largest absolute Gasteiger partial charge is 0.343 e. The van der Waals surface area contributed by atoms with E-state index in [0.717, 1.165) is 44.5 Å². The zero-order chi connectivity index (χ0) is 20.9. The molecule has 0 aromatic heterocycles. The lowest BCUT2D eigenvalue weighted by Gasteiger charge is -2.32. The van der Waals surface area contributed by atoms with E-state index in [-0.39, 0.29) is 17.7 Å². The highest BCUT2D eigenvalue weighted by Gasteiger charge is 2.28. The van der Waals surface area contributed by atoms with E-state index in [2.05, 4.69) is 42.6 Å². The molecule has 158 valence electrons. The maximum absolute atomic E-state index is 12.7. The third-order valence-corrected chi connectivity index (χ3v) is 6.75. The summed E-state index contributed by atoms with van der Waals surface area (Å²) in [6, 6.07) is 16.8. The fourth-order valence-corrected chi connectivity index (χ4v) is 4.70. The number of carbonyl (C=O) groups is 2. The summed E-state index contributed by atoms with van der Waals surface area (Å²) in [5, 5.41) is 2.99. The number of nitrogens with one attached hydrogen (secondary N) is 1. The summed E-state index contributed by atoms with van der Waals surface area (Å²) in [6.07, 6.45) is 6.34. The maximum Gasteiger partial charge on any atom is 0.227 e. The number of anilines is 1. The van der Waals surface area contributed by atoms with Gasteiger partial charge in [0, 0.05) is 31.1 Å². The van der Waals surface area contributed by atoms with Gasteiger partial charge in [-0.3, -0.25) is 9.59 Å². The topological polar surface area (TPSA) is 49.4 Å². The van der Waals surface area contributed by atoms with Crippen molar-refractivity contribution >= 4 is 17.5 Å². The summed E-state index contributed by atoms with van der Waals surface area (Å²) in [7, 11) is 0. The molecule has 2 aromatic carbocycles. The normalized spacial score (nSPS) is 19.3. The van der Waals surface area contributed by atoms with Gasteiger partial charge in [-0.15, -0.1) is 0 Å². The lowest BCUT2D eigenvalue weighted by atomic mass is 9.88. The van der Waals surface area contributed by atoms with Gasteiger partial charge in [0.05, 0.1) is 0 Å². The highest BCUT2D eigenvalue weighted by atomic mass is 16.2. The number of para-hydroxylation sites is 1. The Balaban J connectivity index is 1.19. The number of hydrogen-bond acceptors (Lipinski definition) is 2. The number of benzene rings is 2. The van der Waals surface area contributed by atoms with E-state index in [0.29, 0.717) is 18.8 Å². The molecule has 2 heterocycles. The van der Waals surface area contributed by atoms with Gasteiger partial charge < -0.3 is 10.2 Å². The number of nitrogens with zero attached hydrogens (tertiary/aromatic N) is 1. The predicted molar refractivity (Wildman–Crippen MR) is 120 cm³/mol. The molecule has 1 saturated heterocycles. The van der Waals surface area contributed by atoms with Crippen molar-refractivity contribution in [2.75, 3.05) is 18.4 Å². The van der Waals surface area contributed by atoms with Crippen molar-refractivity contribution in [2.45, 2.75) is 51.9 Å². The van der Waals surface area contributed by atoms with Crippen LogP contribution in [0.5, 0.6) is 0 Å². The molecule has 2 aliphatic rings. The Morgan fingerprint density at radius 2 is 1.77 bits per heavy atom. The minimum Gasteiger partial charge on any atom is -0.343 e. The molecule has 1 unspecified atom stereocenters. The van der Waals surface area contributed by atoms with Gasteiger partial charge in [0.2, 0.25) is 11.8 Å². The molecule has 2 amide bonds. The van der Waals surface area contributed by atoms with E-state index in [1.165, 1.54) is 23.1 Å². The van der Waals surface area contributed by atoms with Gasteiger partial charge in [-0.25, -0.2) is 0 Å². The lowest BCUT2D eigenvalue weighted by molar-refractivity contribution is -0.133. The average Bonchev–Trinajstić information content (AvgIpc) is 2.77. The number of hydrogen-bond donors (Lipinski definition) is 1. The Morgan fingerprint density at radius 3 is 2.53 bits per heavy atom. The molecule has 0 spiro atoms. The molecular formula is C26H32N2O2. The highest BCUT2D eigenvalue weighted by Crippen LogP contribution is 2.28. The number of amides is 2. The minimum absolute atomic E-state index is 0.0521. The van der Waals surface area contributed by atoms with Crippen LogP contribution in [0.2, 0.25) is 0 Å². The summed E-state index contributed by atoms with van der Waals surface area (Å²) in [5.41, 5.74) is 4.80. The third-order valence-electron chi connectivity index (χ3n) is 6.75. The molecule has 0 radical (unpaired) electrons. The second-order valence-electron chi connectivity index (χ2n) is 8.93. The fraction of sp³-hybridized carbons (Fsp3) is 0.462. The number of fused-ring (bicyclic) bond motifs is 1. The van der Waals surface area contributed by atoms with E-state index < -0.39 is 0 Å². The first-order chi connectivity index (χ1) is 14.6. The molecule has 0 aliphatic carbocycles. The molecule has 0 saturated carbocycles. The Morgan fingerprint density at radius 1 is 1.03 bits per heavy atom. The van der Waals surface area contributed by atoms with Gasteiger partial charge in [-0.05, 0) is 68.6 Å². The van der Waals surface area contributed by atoms with Crippen LogP contribution in [0.25, 0.3) is 0 Å². The molecule has 2 aromatic rings. The second kappa shape index (κ2) is 9.46. The van der Waals surface area contributed by atoms with Crippen LogP contribution < -0.4 is 5.32 Å². The Labute approximate surface area is 179 Å². The number of carbonyl (C=O) groups excluding carboxylic acids is 2. The van der Waals surface area contributed by atoms with Crippen LogP contribution in [0.1, 0.15) is 48.8 Å². The summed E-state index contributed by atoms with van der Waals surface area (Å²) in [4.78, 5) is 27.1. The first-order valence-corrected chi connectivity index (χ1v) is 11.3. The quantitative estimate of drug-likeness (QED) is 0.755. The predicted octanol–water partition coefficient (Wildman–Crippen LogP) is 4.76. The Kier molecular flexibility index (Phi) is 6.51. The second-order valence-corrected chi connectivity index (χ2v) is 8.93. The van der Waals surface area contributed by atoms with Crippen molar-refractivity contribution in [1.82, 2.24) is 4.90 Å². The van der Waals surface area contributed by atoms with Crippen LogP contribution in [0, 0.1) is 18.8 Å². The van der Waals surface area contributed by atoms with Crippen molar-refractivity contribution in [3.05, 3.63) is 65.2 Å². The molecule has 1 N–H and O–H groups in total. The van der Waals surface area contributed by atoms with Gasteiger partial charge in [-0.2, -0.15) is 0 Å². The molecule has 1 fully saturated rings. The Bertz CT molecular complexity index is 882. The number of piperidine rings is 1. The molecule has 4 rings (SSSR count). The SMILES string of the molecule is Cc1ccc(CCC2CCN(C(=O)CCC3Cc4ccccc4NC3=O)CC2)cc1. The van der Waals surface area contributed by atoms with Crippen molar-refractivity contribution in [3.8, 4) is 0 Å². The van der Waals surface area contributed by atoms with E-state index in [9.17, 15) is 9.59 Å². The van der Waals surface area contributed by atoms with E-state index >= 15 is 0 Å². The van der Waals surface area contributed by atoms with Crippen molar-refractivity contribution in [1.29, 1.82) is 0 Å². The van der Waals surface area contributed by atoms with Crippen LogP contribution >= 0.6 is 0 Å². The summed E-state index contributed by atoms with van der Waals surface area (Å²) in [6.45, 7) is 3.84. The van der Waals surface area contributed by atoms with Gasteiger partial charge in [0.15, 0.2) is 0 Å². The van der Waals surface area contributed by atoms with Crippen LogP contribution in [0.4, 0.5) is 5.69 Å². The van der Waals surface area contributed by atoms with E-state index in [1.807, 2.05) is 23.1 Å². The monoisotopic (exact) mass is 404 g/mol. The number of likely N-dealkylation sites (tertiary alicyclic amines) is 1. The molecule has 0 bridgehead atoms. The van der Waals surface area contributed by atoms with Crippen LogP contribution in [0.15, 0.2) is 48.5 Å². The van der Waals surface area contributed by atoms with E-state index in [4.69, 9.17) is 0 Å². The molecule has 1 atom stereocenters. The lowest BCUT2D eigenvalue weighted by Crippen LogP contribution is -2.39. The number of rotatable bonds is 6. The van der Waals surface area contributed by atoms with Gasteiger partial charge in [0.1, 0.15) is 0 Å². The first-order valence-electron chi connectivity index (χ1n) is 11.3. The van der Waals surface area contributed by atoms with Gasteiger partial charge >= 0.3 is 0 Å². The van der Waals surface area contributed by atoms with Crippen LogP contribution in [-0.2, 0) is 22.4 Å². The molecule has 4 heteroatoms. The molecule has 4 nitrogen and oxygen atoms in total. The van der Waals surface area contributed by atoms with Gasteiger partial charge in [0.25, 0.3) is 0 Å². The molecule has 30 heavy (non-hydrogen) atoms. The maximum atomic E-state index is 12.7. The summed E-state index contributed by atoms with van der Waals surface area (Å²) < 4.78 is 0. The van der Waals surface area contributed by atoms with Crippen LogP contribution in [-0.4, -0.2) is 29.8 Å². The molecule has 2 aliphatic heterocycles. The van der Waals surface area contributed by atoms with E-state index in [1.54, 1.807) is 0 Å².